The molecular formula is C17H25N3O3. The number of nitrogens with one attached hydrogen (secondary N) is 2. The molecule has 0 aliphatic heterocycles. The molecule has 0 aliphatic rings. The largest absolute Gasteiger partial charge is 0.368 e. The number of hydrogen-bond donors (Lipinski definition) is 3. The topological polar surface area (TPSA) is 101 Å². The minimum absolute atomic E-state index is 0.0364. The van der Waals surface area contributed by atoms with E-state index in [1.54, 1.807) is 31.2 Å². The maximum absolute atomic E-state index is 12.0. The van der Waals surface area contributed by atoms with Crippen molar-refractivity contribution in [2.45, 2.75) is 45.7 Å². The van der Waals surface area contributed by atoms with Crippen LogP contribution in [-0.2, 0) is 9.59 Å². The van der Waals surface area contributed by atoms with Crippen molar-refractivity contribution in [2.75, 3.05) is 0 Å². The number of nitrogens with two attached hydrogens (primary N) is 1. The standard InChI is InChI=1S/C17H25N3O3/c1-4-11(2)15(16(18)22)20-14(21)10-12(3)19-17(23)13-8-6-5-7-9-13/h5-9,11-12,15H,4,10H2,1-3H3,(H2,18,22)(H,19,23)(H,20,21). The van der Waals surface area contributed by atoms with Crippen LogP contribution in [0.4, 0.5) is 0 Å². The summed E-state index contributed by atoms with van der Waals surface area (Å²) in [5, 5.41) is 5.40. The molecule has 3 unspecified atom stereocenters. The predicted molar refractivity (Wildman–Crippen MR) is 88.6 cm³/mol. The monoisotopic (exact) mass is 319 g/mol. The molecule has 0 fully saturated rings. The molecule has 23 heavy (non-hydrogen) atoms. The van der Waals surface area contributed by atoms with Gasteiger partial charge >= 0.3 is 0 Å². The van der Waals surface area contributed by atoms with Gasteiger partial charge in [0.15, 0.2) is 0 Å². The summed E-state index contributed by atoms with van der Waals surface area (Å²) in [7, 11) is 0. The minimum Gasteiger partial charge on any atom is -0.368 e. The van der Waals surface area contributed by atoms with E-state index < -0.39 is 11.9 Å². The van der Waals surface area contributed by atoms with Crippen molar-refractivity contribution in [2.24, 2.45) is 11.7 Å². The van der Waals surface area contributed by atoms with E-state index in [9.17, 15) is 14.4 Å². The Morgan fingerprint density at radius 2 is 1.70 bits per heavy atom. The van der Waals surface area contributed by atoms with Gasteiger partial charge in [-0.2, -0.15) is 0 Å². The van der Waals surface area contributed by atoms with Crippen molar-refractivity contribution >= 4 is 17.7 Å². The molecule has 0 spiro atoms. The van der Waals surface area contributed by atoms with Crippen LogP contribution in [0.3, 0.4) is 0 Å². The average Bonchev–Trinajstić information content (AvgIpc) is 2.52. The highest BCUT2D eigenvalue weighted by Gasteiger charge is 2.24. The first kappa shape index (κ1) is 18.7. The molecule has 0 bridgehead atoms. The molecule has 6 heteroatoms. The molecule has 3 amide bonds. The molecule has 4 N–H and O–H groups in total. The summed E-state index contributed by atoms with van der Waals surface area (Å²) in [5.41, 5.74) is 5.86. The molecule has 126 valence electrons. The summed E-state index contributed by atoms with van der Waals surface area (Å²) < 4.78 is 0. The van der Waals surface area contributed by atoms with Gasteiger partial charge in [-0.1, -0.05) is 38.5 Å². The van der Waals surface area contributed by atoms with Crippen LogP contribution in [0.5, 0.6) is 0 Å². The van der Waals surface area contributed by atoms with Gasteiger partial charge in [-0.05, 0) is 25.0 Å². The summed E-state index contributed by atoms with van der Waals surface area (Å²) in [6, 6.07) is 7.73. The number of benzene rings is 1. The predicted octanol–water partition coefficient (Wildman–Crippen LogP) is 1.21. The van der Waals surface area contributed by atoms with Crippen LogP contribution < -0.4 is 16.4 Å². The third-order valence-corrected chi connectivity index (χ3v) is 3.74. The van der Waals surface area contributed by atoms with Crippen LogP contribution in [0.15, 0.2) is 30.3 Å². The first-order valence-electron chi connectivity index (χ1n) is 7.79. The van der Waals surface area contributed by atoms with Gasteiger partial charge in [0.1, 0.15) is 6.04 Å². The third-order valence-electron chi connectivity index (χ3n) is 3.74. The number of rotatable bonds is 8. The van der Waals surface area contributed by atoms with Crippen molar-refractivity contribution in [1.29, 1.82) is 0 Å². The number of hydrogen-bond acceptors (Lipinski definition) is 3. The quantitative estimate of drug-likeness (QED) is 0.671. The number of carbonyl (C=O) groups is 3. The maximum atomic E-state index is 12.0. The second kappa shape index (κ2) is 8.92. The van der Waals surface area contributed by atoms with Crippen molar-refractivity contribution in [1.82, 2.24) is 10.6 Å². The summed E-state index contributed by atoms with van der Waals surface area (Å²) in [4.78, 5) is 35.5. The Morgan fingerprint density at radius 1 is 1.09 bits per heavy atom. The molecular weight excluding hydrogens is 294 g/mol. The first-order valence-corrected chi connectivity index (χ1v) is 7.79. The first-order chi connectivity index (χ1) is 10.8. The van der Waals surface area contributed by atoms with Crippen LogP contribution in [0, 0.1) is 5.92 Å². The Kier molecular flexibility index (Phi) is 7.25. The summed E-state index contributed by atoms with van der Waals surface area (Å²) in [6.07, 6.45) is 0.812. The highest BCUT2D eigenvalue weighted by molar-refractivity contribution is 5.94. The molecule has 0 radical (unpaired) electrons. The molecule has 1 aromatic carbocycles. The lowest BCUT2D eigenvalue weighted by Gasteiger charge is -2.22. The van der Waals surface area contributed by atoms with E-state index in [2.05, 4.69) is 10.6 Å². The van der Waals surface area contributed by atoms with Crippen LogP contribution >= 0.6 is 0 Å². The van der Waals surface area contributed by atoms with Gasteiger partial charge in [-0.15, -0.1) is 0 Å². The van der Waals surface area contributed by atoms with Gasteiger partial charge < -0.3 is 16.4 Å². The molecule has 3 atom stereocenters. The van der Waals surface area contributed by atoms with Crippen molar-refractivity contribution < 1.29 is 14.4 Å². The van der Waals surface area contributed by atoms with Crippen LogP contribution in [0.2, 0.25) is 0 Å². The second-order valence-corrected chi connectivity index (χ2v) is 5.78. The molecule has 6 nitrogen and oxygen atoms in total. The Bertz CT molecular complexity index is 545. The Balaban J connectivity index is 2.53. The zero-order valence-corrected chi connectivity index (χ0v) is 13.8. The van der Waals surface area contributed by atoms with Crippen LogP contribution in [-0.4, -0.2) is 29.8 Å². The lowest BCUT2D eigenvalue weighted by molar-refractivity contribution is -0.128. The van der Waals surface area contributed by atoms with E-state index in [1.807, 2.05) is 19.9 Å². The van der Waals surface area contributed by atoms with E-state index >= 15 is 0 Å². The zero-order chi connectivity index (χ0) is 17.4. The highest BCUT2D eigenvalue weighted by Crippen LogP contribution is 2.08. The number of amides is 3. The van der Waals surface area contributed by atoms with Crippen LogP contribution in [0.25, 0.3) is 0 Å². The molecule has 0 saturated heterocycles. The number of carbonyl (C=O) groups excluding carboxylic acids is 3. The smallest absolute Gasteiger partial charge is 0.251 e. The third kappa shape index (κ3) is 6.10. The summed E-state index contributed by atoms with van der Waals surface area (Å²) >= 11 is 0. The fraction of sp³-hybridized carbons (Fsp3) is 0.471. The van der Waals surface area contributed by atoms with Gasteiger partial charge in [0.25, 0.3) is 5.91 Å². The molecule has 0 aromatic heterocycles. The maximum Gasteiger partial charge on any atom is 0.251 e. The lowest BCUT2D eigenvalue weighted by Crippen LogP contribution is -2.49. The van der Waals surface area contributed by atoms with Gasteiger partial charge in [0, 0.05) is 18.0 Å². The fourth-order valence-electron chi connectivity index (χ4n) is 2.19. The van der Waals surface area contributed by atoms with Crippen molar-refractivity contribution in [3.05, 3.63) is 35.9 Å². The van der Waals surface area contributed by atoms with Crippen molar-refractivity contribution in [3.63, 3.8) is 0 Å². The minimum atomic E-state index is -0.690. The van der Waals surface area contributed by atoms with E-state index in [0.29, 0.717) is 5.56 Å². The van der Waals surface area contributed by atoms with Crippen molar-refractivity contribution in [3.8, 4) is 0 Å². The average molecular weight is 319 g/mol. The summed E-state index contributed by atoms with van der Waals surface area (Å²) in [5.74, 6) is -1.13. The number of primary amides is 1. The molecule has 1 aromatic rings. The van der Waals surface area contributed by atoms with Gasteiger partial charge in [-0.25, -0.2) is 0 Å². The molecule has 0 heterocycles. The van der Waals surface area contributed by atoms with Gasteiger partial charge in [0.05, 0.1) is 0 Å². The van der Waals surface area contributed by atoms with Gasteiger partial charge in [-0.3, -0.25) is 14.4 Å². The SMILES string of the molecule is CCC(C)C(NC(=O)CC(C)NC(=O)c1ccccc1)C(N)=O. The van der Waals surface area contributed by atoms with E-state index in [0.717, 1.165) is 6.42 Å². The molecule has 0 aliphatic carbocycles. The normalized spacial score (nSPS) is 14.4. The Morgan fingerprint density at radius 3 is 2.22 bits per heavy atom. The van der Waals surface area contributed by atoms with Crippen LogP contribution in [0.1, 0.15) is 44.0 Å². The zero-order valence-electron chi connectivity index (χ0n) is 13.8. The molecule has 0 saturated carbocycles. The fourth-order valence-corrected chi connectivity index (χ4v) is 2.19. The van der Waals surface area contributed by atoms with Gasteiger partial charge in [0.2, 0.25) is 11.8 Å². The van der Waals surface area contributed by atoms with E-state index in [-0.39, 0.29) is 30.2 Å². The summed E-state index contributed by atoms with van der Waals surface area (Å²) in [6.45, 7) is 5.52. The molecule has 1 rings (SSSR count). The highest BCUT2D eigenvalue weighted by atomic mass is 16.2. The van der Waals surface area contributed by atoms with E-state index in [1.165, 1.54) is 0 Å². The Labute approximate surface area is 136 Å². The second-order valence-electron chi connectivity index (χ2n) is 5.78. The Hall–Kier alpha value is -2.37. The lowest BCUT2D eigenvalue weighted by atomic mass is 9.98. The van der Waals surface area contributed by atoms with E-state index in [4.69, 9.17) is 5.73 Å².